The van der Waals surface area contributed by atoms with Gasteiger partial charge in [0.2, 0.25) is 5.78 Å². The maximum absolute atomic E-state index is 12.6. The van der Waals surface area contributed by atoms with Gasteiger partial charge in [0.05, 0.1) is 4.88 Å². The van der Waals surface area contributed by atoms with Gasteiger partial charge in [0.15, 0.2) is 0 Å². The van der Waals surface area contributed by atoms with Crippen LogP contribution in [-0.4, -0.2) is 37.1 Å². The first kappa shape index (κ1) is 18.2. The monoisotopic (exact) mass is 347 g/mol. The second-order valence-electron chi connectivity index (χ2n) is 5.87. The number of unbranched alkanes of at least 4 members (excludes halogenated alkanes) is 3. The van der Waals surface area contributed by atoms with E-state index in [1.165, 1.54) is 43.6 Å². The van der Waals surface area contributed by atoms with Crippen molar-refractivity contribution in [3.8, 4) is 0 Å². The highest BCUT2D eigenvalue weighted by atomic mass is 32.2. The van der Waals surface area contributed by atoms with Crippen molar-refractivity contribution in [2.45, 2.75) is 30.6 Å². The molecule has 2 rings (SSSR count). The van der Waals surface area contributed by atoms with Gasteiger partial charge < -0.3 is 4.90 Å². The molecule has 2 aromatic rings. The first-order chi connectivity index (χ1) is 11.2. The molecule has 0 bridgehead atoms. The lowest BCUT2D eigenvalue weighted by Crippen LogP contribution is -2.12. The molecular weight excluding hydrogens is 322 g/mol. The Morgan fingerprint density at radius 2 is 1.83 bits per heavy atom. The average molecular weight is 348 g/mol. The molecule has 0 atom stereocenters. The molecule has 2 nitrogen and oxygen atoms in total. The number of nitrogens with zero attached hydrogens (tertiary/aromatic N) is 1. The molecule has 0 aliphatic rings. The molecule has 1 aromatic carbocycles. The second kappa shape index (κ2) is 9.91. The van der Waals surface area contributed by atoms with Gasteiger partial charge in [-0.15, -0.1) is 23.1 Å². The molecule has 0 aliphatic heterocycles. The molecule has 0 unspecified atom stereocenters. The van der Waals surface area contributed by atoms with Gasteiger partial charge in [-0.3, -0.25) is 4.79 Å². The normalized spacial score (nSPS) is 11.1. The fourth-order valence-corrected chi connectivity index (χ4v) is 4.12. The van der Waals surface area contributed by atoms with E-state index in [2.05, 4.69) is 25.1 Å². The van der Waals surface area contributed by atoms with Crippen molar-refractivity contribution in [2.24, 2.45) is 0 Å². The minimum atomic E-state index is 0.147. The molecule has 0 fully saturated rings. The van der Waals surface area contributed by atoms with Crippen molar-refractivity contribution in [3.63, 3.8) is 0 Å². The SMILES string of the molecule is CN(C)CCCCCCSc1ccccc1C(=O)c1cccs1. The summed E-state index contributed by atoms with van der Waals surface area (Å²) in [7, 11) is 4.24. The van der Waals surface area contributed by atoms with Crippen LogP contribution in [0, 0.1) is 0 Å². The summed E-state index contributed by atoms with van der Waals surface area (Å²) in [4.78, 5) is 16.7. The highest BCUT2D eigenvalue weighted by molar-refractivity contribution is 7.99. The summed E-state index contributed by atoms with van der Waals surface area (Å²) in [6, 6.07) is 11.8. The fraction of sp³-hybridized carbons (Fsp3) is 0.421. The van der Waals surface area contributed by atoms with Crippen molar-refractivity contribution in [3.05, 3.63) is 52.2 Å². The van der Waals surface area contributed by atoms with E-state index in [-0.39, 0.29) is 5.78 Å². The van der Waals surface area contributed by atoms with E-state index < -0.39 is 0 Å². The maximum Gasteiger partial charge on any atom is 0.204 e. The number of carbonyl (C=O) groups is 1. The molecular formula is C19H25NOS2. The third-order valence-electron chi connectivity index (χ3n) is 3.63. The second-order valence-corrected chi connectivity index (χ2v) is 7.95. The summed E-state index contributed by atoms with van der Waals surface area (Å²) in [5.41, 5.74) is 0.840. The fourth-order valence-electron chi connectivity index (χ4n) is 2.39. The highest BCUT2D eigenvalue weighted by Gasteiger charge is 2.14. The number of ketones is 1. The smallest absolute Gasteiger partial charge is 0.204 e. The quantitative estimate of drug-likeness (QED) is 0.335. The number of hydrogen-bond donors (Lipinski definition) is 0. The molecule has 0 N–H and O–H groups in total. The van der Waals surface area contributed by atoms with E-state index in [4.69, 9.17) is 0 Å². The minimum Gasteiger partial charge on any atom is -0.309 e. The van der Waals surface area contributed by atoms with Gasteiger partial charge in [0, 0.05) is 10.5 Å². The lowest BCUT2D eigenvalue weighted by molar-refractivity contribution is 0.104. The van der Waals surface area contributed by atoms with Crippen LogP contribution < -0.4 is 0 Å². The molecule has 0 aliphatic carbocycles. The van der Waals surface area contributed by atoms with Crippen molar-refractivity contribution in [2.75, 3.05) is 26.4 Å². The zero-order valence-corrected chi connectivity index (χ0v) is 15.6. The van der Waals surface area contributed by atoms with Crippen molar-refractivity contribution >= 4 is 28.9 Å². The summed E-state index contributed by atoms with van der Waals surface area (Å²) >= 11 is 3.32. The van der Waals surface area contributed by atoms with Gasteiger partial charge in [-0.2, -0.15) is 0 Å². The zero-order chi connectivity index (χ0) is 16.5. The number of hydrogen-bond acceptors (Lipinski definition) is 4. The van der Waals surface area contributed by atoms with Crippen LogP contribution in [0.3, 0.4) is 0 Å². The third-order valence-corrected chi connectivity index (χ3v) is 5.66. The van der Waals surface area contributed by atoms with Gasteiger partial charge in [0.1, 0.15) is 0 Å². The lowest BCUT2D eigenvalue weighted by atomic mass is 10.1. The maximum atomic E-state index is 12.6. The summed E-state index contributed by atoms with van der Waals surface area (Å²) < 4.78 is 0. The Morgan fingerprint density at radius 1 is 1.04 bits per heavy atom. The minimum absolute atomic E-state index is 0.147. The first-order valence-corrected chi connectivity index (χ1v) is 10.00. The predicted molar refractivity (Wildman–Crippen MR) is 102 cm³/mol. The van der Waals surface area contributed by atoms with E-state index in [1.54, 1.807) is 0 Å². The van der Waals surface area contributed by atoms with Crippen LogP contribution in [0.2, 0.25) is 0 Å². The number of thiophene rings is 1. The Balaban J connectivity index is 1.81. The van der Waals surface area contributed by atoms with Crippen LogP contribution in [0.1, 0.15) is 40.9 Å². The highest BCUT2D eigenvalue weighted by Crippen LogP contribution is 2.27. The summed E-state index contributed by atoms with van der Waals surface area (Å²) in [5, 5.41) is 1.96. The summed E-state index contributed by atoms with van der Waals surface area (Å²) in [6.07, 6.45) is 5.03. The van der Waals surface area contributed by atoms with Crippen LogP contribution in [0.4, 0.5) is 0 Å². The van der Waals surface area contributed by atoms with Gasteiger partial charge in [-0.05, 0) is 62.8 Å². The Hall–Kier alpha value is -1.10. The van der Waals surface area contributed by atoms with Gasteiger partial charge in [0.25, 0.3) is 0 Å². The van der Waals surface area contributed by atoms with Gasteiger partial charge in [-0.1, -0.05) is 31.0 Å². The Morgan fingerprint density at radius 3 is 2.57 bits per heavy atom. The van der Waals surface area contributed by atoms with Crippen molar-refractivity contribution in [1.82, 2.24) is 4.90 Å². The van der Waals surface area contributed by atoms with Crippen molar-refractivity contribution < 1.29 is 4.79 Å². The van der Waals surface area contributed by atoms with E-state index in [0.29, 0.717) is 0 Å². The number of rotatable bonds is 10. The number of benzene rings is 1. The molecule has 4 heteroatoms. The summed E-state index contributed by atoms with van der Waals surface area (Å²) in [5.74, 6) is 1.23. The standard InChI is InChI=1S/C19H25NOS2/c1-20(2)13-7-3-4-8-14-22-17-11-6-5-10-16(17)19(21)18-12-9-15-23-18/h5-6,9-12,15H,3-4,7-8,13-14H2,1-2H3. The van der Waals surface area contributed by atoms with Gasteiger partial charge in [-0.25, -0.2) is 0 Å². The van der Waals surface area contributed by atoms with Crippen molar-refractivity contribution in [1.29, 1.82) is 0 Å². The molecule has 1 aromatic heterocycles. The third kappa shape index (κ3) is 6.13. The Labute approximate surface area is 147 Å². The summed E-state index contributed by atoms with van der Waals surface area (Å²) in [6.45, 7) is 1.17. The number of thioether (sulfide) groups is 1. The largest absolute Gasteiger partial charge is 0.309 e. The van der Waals surface area contributed by atoms with E-state index in [1.807, 2.05) is 47.5 Å². The van der Waals surface area contributed by atoms with E-state index in [0.717, 1.165) is 21.1 Å². The Kier molecular flexibility index (Phi) is 7.86. The predicted octanol–water partition coefficient (Wildman–Crippen LogP) is 5.19. The van der Waals surface area contributed by atoms with Crippen LogP contribution >= 0.6 is 23.1 Å². The van der Waals surface area contributed by atoms with Gasteiger partial charge >= 0.3 is 0 Å². The molecule has 124 valence electrons. The Bertz CT molecular complexity index is 593. The van der Waals surface area contributed by atoms with Crippen LogP contribution in [-0.2, 0) is 0 Å². The molecule has 0 saturated carbocycles. The number of carbonyl (C=O) groups excluding carboxylic acids is 1. The van der Waals surface area contributed by atoms with Crippen LogP contribution in [0.15, 0.2) is 46.7 Å². The molecule has 0 radical (unpaired) electrons. The molecule has 23 heavy (non-hydrogen) atoms. The first-order valence-electron chi connectivity index (χ1n) is 8.13. The topological polar surface area (TPSA) is 20.3 Å². The molecule has 0 amide bonds. The van der Waals surface area contributed by atoms with Crippen LogP contribution in [0.25, 0.3) is 0 Å². The lowest BCUT2D eigenvalue weighted by Gasteiger charge is -2.09. The zero-order valence-electron chi connectivity index (χ0n) is 14.0. The average Bonchev–Trinajstić information content (AvgIpc) is 3.08. The van der Waals surface area contributed by atoms with Crippen LogP contribution in [0.5, 0.6) is 0 Å². The van der Waals surface area contributed by atoms with E-state index >= 15 is 0 Å². The molecule has 0 saturated heterocycles. The molecule has 0 spiro atoms. The van der Waals surface area contributed by atoms with E-state index in [9.17, 15) is 4.79 Å². The molecule has 1 heterocycles.